The average molecular weight is 350 g/mol. The fourth-order valence-electron chi connectivity index (χ4n) is 3.31. The highest BCUT2D eigenvalue weighted by atomic mass is 35.5. The molecule has 4 aromatic rings. The van der Waals surface area contributed by atoms with E-state index in [0.29, 0.717) is 0 Å². The van der Waals surface area contributed by atoms with Gasteiger partial charge in [-0.3, -0.25) is 0 Å². The summed E-state index contributed by atoms with van der Waals surface area (Å²) in [6.07, 6.45) is 10.2. The monoisotopic (exact) mass is 349 g/mol. The number of rotatable bonds is 6. The summed E-state index contributed by atoms with van der Waals surface area (Å²) in [6.45, 7) is 1.86. The van der Waals surface area contributed by atoms with E-state index in [2.05, 4.69) is 56.7 Å². The molecule has 0 atom stereocenters. The zero-order valence-corrected chi connectivity index (χ0v) is 14.7. The summed E-state index contributed by atoms with van der Waals surface area (Å²) in [4.78, 5) is 4.10. The van der Waals surface area contributed by atoms with E-state index in [-0.39, 0.29) is 0 Å². The van der Waals surface area contributed by atoms with Crippen molar-refractivity contribution < 1.29 is 0 Å². The van der Waals surface area contributed by atoms with Gasteiger partial charge in [0.2, 0.25) is 0 Å². The topological polar surface area (TPSA) is 22.8 Å². The van der Waals surface area contributed by atoms with Crippen molar-refractivity contribution in [2.45, 2.75) is 25.9 Å². The predicted octanol–water partition coefficient (Wildman–Crippen LogP) is 5.17. The van der Waals surface area contributed by atoms with Gasteiger partial charge >= 0.3 is 0 Å². The lowest BCUT2D eigenvalue weighted by Gasteiger charge is -2.05. The van der Waals surface area contributed by atoms with Crippen molar-refractivity contribution in [3.63, 3.8) is 0 Å². The van der Waals surface area contributed by atoms with Gasteiger partial charge < -0.3 is 9.13 Å². The van der Waals surface area contributed by atoms with Gasteiger partial charge in [-0.1, -0.05) is 41.9 Å². The van der Waals surface area contributed by atoms with E-state index in [1.165, 1.54) is 22.0 Å². The van der Waals surface area contributed by atoms with E-state index >= 15 is 0 Å². The maximum absolute atomic E-state index is 6.00. The molecule has 3 nitrogen and oxygen atoms in total. The van der Waals surface area contributed by atoms with Crippen molar-refractivity contribution in [3.05, 3.63) is 89.6 Å². The second kappa shape index (κ2) is 7.16. The number of nitrogens with zero attached hydrogens (tertiary/aromatic N) is 3. The molecule has 0 fully saturated rings. The number of hydrogen-bond donors (Lipinski definition) is 0. The molecule has 25 heavy (non-hydrogen) atoms. The number of aromatic nitrogens is 3. The largest absolute Gasteiger partial charge is 0.343 e. The molecule has 0 amide bonds. The Morgan fingerprint density at radius 2 is 1.84 bits per heavy atom. The van der Waals surface area contributed by atoms with E-state index in [1.807, 2.05) is 30.9 Å². The Morgan fingerprint density at radius 3 is 2.64 bits per heavy atom. The van der Waals surface area contributed by atoms with Crippen LogP contribution >= 0.6 is 11.6 Å². The van der Waals surface area contributed by atoms with Crippen LogP contribution in [0, 0.1) is 0 Å². The van der Waals surface area contributed by atoms with Crippen molar-refractivity contribution in [3.8, 4) is 0 Å². The molecule has 0 unspecified atom stereocenters. The average Bonchev–Trinajstić information content (AvgIpc) is 3.26. The lowest BCUT2D eigenvalue weighted by Crippen LogP contribution is -1.98. The second-order valence-electron chi connectivity index (χ2n) is 6.33. The Labute approximate surface area is 152 Å². The highest BCUT2D eigenvalue weighted by Gasteiger charge is 2.08. The molecule has 0 aliphatic carbocycles. The smallest absolute Gasteiger partial charge is 0.0945 e. The van der Waals surface area contributed by atoms with Crippen LogP contribution in [-0.4, -0.2) is 14.1 Å². The molecule has 0 bridgehead atoms. The number of benzene rings is 2. The SMILES string of the molecule is Clc1ccc(Cn2cc(CCCn3ccnc3)c3ccccc32)cc1. The van der Waals surface area contributed by atoms with Crippen molar-refractivity contribution >= 4 is 22.5 Å². The molecule has 2 aromatic carbocycles. The van der Waals surface area contributed by atoms with Crippen LogP contribution in [0.3, 0.4) is 0 Å². The lowest BCUT2D eigenvalue weighted by atomic mass is 10.1. The second-order valence-corrected chi connectivity index (χ2v) is 6.77. The molecule has 0 radical (unpaired) electrons. The van der Waals surface area contributed by atoms with Crippen molar-refractivity contribution in [2.75, 3.05) is 0 Å². The molecular weight excluding hydrogens is 330 g/mol. The third kappa shape index (κ3) is 3.62. The van der Waals surface area contributed by atoms with Gasteiger partial charge in [-0.25, -0.2) is 4.98 Å². The fraction of sp³-hybridized carbons (Fsp3) is 0.190. The first-order valence-corrected chi connectivity index (χ1v) is 8.94. The summed E-state index contributed by atoms with van der Waals surface area (Å²) in [5, 5.41) is 2.13. The van der Waals surface area contributed by atoms with Crippen LogP contribution in [0.15, 0.2) is 73.4 Å². The number of fused-ring (bicyclic) bond motifs is 1. The van der Waals surface area contributed by atoms with Gasteiger partial charge in [-0.2, -0.15) is 0 Å². The van der Waals surface area contributed by atoms with Gasteiger partial charge in [0.25, 0.3) is 0 Å². The summed E-state index contributed by atoms with van der Waals surface area (Å²) < 4.78 is 4.47. The predicted molar refractivity (Wildman–Crippen MR) is 103 cm³/mol. The minimum Gasteiger partial charge on any atom is -0.343 e. The fourth-order valence-corrected chi connectivity index (χ4v) is 3.44. The van der Waals surface area contributed by atoms with Crippen molar-refractivity contribution in [1.82, 2.24) is 14.1 Å². The van der Waals surface area contributed by atoms with Crippen LogP contribution in [0.1, 0.15) is 17.5 Å². The molecule has 4 heteroatoms. The first-order chi connectivity index (χ1) is 12.3. The van der Waals surface area contributed by atoms with Gasteiger partial charge in [0.05, 0.1) is 6.33 Å². The Bertz CT molecular complexity index is 953. The maximum atomic E-state index is 6.00. The first kappa shape index (κ1) is 16.0. The molecule has 0 spiro atoms. The normalized spacial score (nSPS) is 11.2. The molecule has 126 valence electrons. The van der Waals surface area contributed by atoms with Crippen molar-refractivity contribution in [1.29, 1.82) is 0 Å². The van der Waals surface area contributed by atoms with E-state index in [9.17, 15) is 0 Å². The maximum Gasteiger partial charge on any atom is 0.0945 e. The zero-order chi connectivity index (χ0) is 17.1. The standard InChI is InChI=1S/C21H20ClN3/c22-19-9-7-17(8-10-19)14-25-15-18(20-5-1-2-6-21(20)25)4-3-12-24-13-11-23-16-24/h1-2,5-11,13,15-16H,3-4,12,14H2. The van der Waals surface area contributed by atoms with Crippen LogP contribution in [0.4, 0.5) is 0 Å². The molecule has 0 saturated carbocycles. The molecule has 2 aromatic heterocycles. The van der Waals surface area contributed by atoms with Crippen molar-refractivity contribution in [2.24, 2.45) is 0 Å². The highest BCUT2D eigenvalue weighted by Crippen LogP contribution is 2.24. The Kier molecular flexibility index (Phi) is 4.57. The third-order valence-corrected chi connectivity index (χ3v) is 4.81. The van der Waals surface area contributed by atoms with Gasteiger partial charge in [0.1, 0.15) is 0 Å². The molecule has 0 N–H and O–H groups in total. The minimum absolute atomic E-state index is 0.779. The quantitative estimate of drug-likeness (QED) is 0.470. The summed E-state index contributed by atoms with van der Waals surface area (Å²) in [7, 11) is 0. The number of para-hydroxylation sites is 1. The summed E-state index contributed by atoms with van der Waals surface area (Å²) in [6, 6.07) is 16.7. The summed E-state index contributed by atoms with van der Waals surface area (Å²) >= 11 is 6.00. The summed E-state index contributed by atoms with van der Waals surface area (Å²) in [5.41, 5.74) is 3.95. The van der Waals surface area contributed by atoms with Gasteiger partial charge in [-0.05, 0) is 42.2 Å². The third-order valence-electron chi connectivity index (χ3n) is 4.56. The minimum atomic E-state index is 0.779. The zero-order valence-electron chi connectivity index (χ0n) is 14.0. The van der Waals surface area contributed by atoms with Gasteiger partial charge in [-0.15, -0.1) is 0 Å². The van der Waals surface area contributed by atoms with Crippen LogP contribution in [-0.2, 0) is 19.5 Å². The summed E-state index contributed by atoms with van der Waals surface area (Å²) in [5.74, 6) is 0. The lowest BCUT2D eigenvalue weighted by molar-refractivity contribution is 0.642. The molecule has 0 aliphatic rings. The van der Waals surface area contributed by atoms with E-state index in [1.54, 1.807) is 0 Å². The Morgan fingerprint density at radius 1 is 1.00 bits per heavy atom. The van der Waals surface area contributed by atoms with Crippen LogP contribution < -0.4 is 0 Å². The number of imidazole rings is 1. The van der Waals surface area contributed by atoms with E-state index in [4.69, 9.17) is 11.6 Å². The van der Waals surface area contributed by atoms with E-state index < -0.39 is 0 Å². The Balaban J connectivity index is 1.56. The number of halogens is 1. The molecular formula is C21H20ClN3. The van der Waals surface area contributed by atoms with Crippen LogP contribution in [0.5, 0.6) is 0 Å². The first-order valence-electron chi connectivity index (χ1n) is 8.56. The molecule has 0 aliphatic heterocycles. The van der Waals surface area contributed by atoms with E-state index in [0.717, 1.165) is 31.0 Å². The highest BCUT2D eigenvalue weighted by molar-refractivity contribution is 6.30. The number of hydrogen-bond acceptors (Lipinski definition) is 1. The van der Waals surface area contributed by atoms with Crippen LogP contribution in [0.2, 0.25) is 5.02 Å². The molecule has 4 rings (SSSR count). The Hall–Kier alpha value is -2.52. The van der Waals surface area contributed by atoms with Gasteiger partial charge in [0.15, 0.2) is 0 Å². The molecule has 2 heterocycles. The molecule has 0 saturated heterocycles. The number of aryl methyl sites for hydroxylation is 2. The van der Waals surface area contributed by atoms with Crippen LogP contribution in [0.25, 0.3) is 10.9 Å². The van der Waals surface area contributed by atoms with Gasteiger partial charge in [0, 0.05) is 47.6 Å².